The van der Waals surface area contributed by atoms with Crippen LogP contribution in [0.3, 0.4) is 0 Å². The summed E-state index contributed by atoms with van der Waals surface area (Å²) in [6, 6.07) is 0. The van der Waals surface area contributed by atoms with E-state index in [4.69, 9.17) is 0 Å². The van der Waals surface area contributed by atoms with Crippen LogP contribution in [0.1, 0.15) is 0 Å². The first-order chi connectivity index (χ1) is 2.41. The van der Waals surface area contributed by atoms with E-state index in [0.717, 1.165) is 0 Å². The van der Waals surface area contributed by atoms with Crippen LogP contribution in [0.25, 0.3) is 0 Å². The molecule has 0 radical (unpaired) electrons. The third kappa shape index (κ3) is 102. The summed E-state index contributed by atoms with van der Waals surface area (Å²) in [6.45, 7) is 6.50. The van der Waals surface area contributed by atoms with Crippen LogP contribution in [-0.4, -0.2) is 0 Å². The van der Waals surface area contributed by atoms with Crippen molar-refractivity contribution < 1.29 is 12.3 Å². The van der Waals surface area contributed by atoms with Gasteiger partial charge in [0.1, 0.15) is 0 Å². The number of hydrogen-bond acceptors (Lipinski definition) is 0. The summed E-state index contributed by atoms with van der Waals surface area (Å²) < 4.78 is 0. The molecule has 0 rings (SSSR count). The molecule has 0 aliphatic carbocycles. The van der Waals surface area contributed by atoms with Gasteiger partial charge in [-0.25, -0.2) is 19.6 Å². The molecule has 0 bridgehead atoms. The Morgan fingerprint density at radius 2 is 1.67 bits per heavy atom. The van der Waals surface area contributed by atoms with Crippen molar-refractivity contribution in [3.8, 4) is 0 Å². The normalized spacial score (nSPS) is 3.17. The van der Waals surface area contributed by atoms with Gasteiger partial charge in [-0.3, -0.25) is 0 Å². The zero-order chi connectivity index (χ0) is 4.71. The summed E-state index contributed by atoms with van der Waals surface area (Å²) in [5, 5.41) is 0. The van der Waals surface area contributed by atoms with Crippen molar-refractivity contribution in [2.45, 2.75) is 0 Å². The third-order valence-electron chi connectivity index (χ3n) is 0. The summed E-state index contributed by atoms with van der Waals surface area (Å²) in [5.74, 6) is 0. The molecular weight excluding hydrogens is 234 g/mol. The molecule has 2 heteroatoms. The van der Waals surface area contributed by atoms with E-state index in [9.17, 15) is 0 Å². The first-order valence-electron chi connectivity index (χ1n) is 0.936. The average molecular weight is 242 g/mol. The maximum atomic E-state index is 3.84. The number of rotatable bonds is 0. The molecule has 0 aromatic carbocycles. The Morgan fingerprint density at radius 3 is 1.67 bits per heavy atom. The molecule has 0 atom stereocenters. The predicted molar refractivity (Wildman–Crippen MR) is 36.0 cm³/mol. The van der Waals surface area contributed by atoms with E-state index in [-0.39, 0.29) is 7.43 Å². The van der Waals surface area contributed by atoms with Crippen LogP contribution in [0.5, 0.6) is 0 Å². The Labute approximate surface area is 59.6 Å². The van der Waals surface area contributed by atoms with Crippen LogP contribution < -0.4 is 0 Å². The molecule has 0 aromatic rings. The van der Waals surface area contributed by atoms with E-state index in [1.807, 2.05) is 0 Å². The average Bonchev–Trinajstić information content (AvgIpc) is 1.46. The van der Waals surface area contributed by atoms with E-state index in [1.165, 1.54) is 6.08 Å². The van der Waals surface area contributed by atoms with Crippen LogP contribution >= 0.6 is 20.5 Å². The first kappa shape index (κ1) is 15.8. The van der Waals surface area contributed by atoms with Crippen molar-refractivity contribution in [3.05, 3.63) is 27.0 Å². The third-order valence-corrected chi connectivity index (χ3v) is 0. The molecule has 0 fully saturated rings. The summed E-state index contributed by atoms with van der Waals surface area (Å²) >= 11 is 5.62. The van der Waals surface area contributed by atoms with Crippen molar-refractivity contribution in [1.82, 2.24) is 0 Å². The molecule has 43 valence electrons. The van der Waals surface area contributed by atoms with Crippen molar-refractivity contribution >= 4 is 20.5 Å². The fourth-order valence-corrected chi connectivity index (χ4v) is 0. The molecule has 0 aromatic heterocycles. The van der Waals surface area contributed by atoms with Gasteiger partial charge in [-0.1, -0.05) is 0 Å². The molecule has 0 saturated heterocycles. The van der Waals surface area contributed by atoms with Crippen molar-refractivity contribution in [3.63, 3.8) is 0 Å². The minimum atomic E-state index is 0. The summed E-state index contributed by atoms with van der Waals surface area (Å²) in [5.41, 5.74) is 0. The molecule has 0 heterocycles. The molecule has 0 amide bonds. The number of halogens is 1. The standard InChI is InChI=1S/C3H5.CH3.HI.Ni/c1-3-2;;;/h3H,1-2H2;1H3;1H;/q2*-1;;+1/p-1. The quantitative estimate of drug-likeness (QED) is 0.347. The van der Waals surface area contributed by atoms with Gasteiger partial charge in [0.25, 0.3) is 0 Å². The fourth-order valence-electron chi connectivity index (χ4n) is 0. The molecule has 0 unspecified atom stereocenters. The Balaban J connectivity index is -0.0000000275. The molecule has 0 N–H and O–H groups in total. The molecular formula is C4H8INi-2. The van der Waals surface area contributed by atoms with Gasteiger partial charge in [0.2, 0.25) is 0 Å². The number of allylic oxidation sites excluding steroid dienone is 1. The summed E-state index contributed by atoms with van der Waals surface area (Å²) in [4.78, 5) is 0. The van der Waals surface area contributed by atoms with Gasteiger partial charge >= 0.3 is 32.8 Å². The Morgan fingerprint density at radius 1 is 1.67 bits per heavy atom. The van der Waals surface area contributed by atoms with Gasteiger partial charge in [0.05, 0.1) is 0 Å². The zero-order valence-corrected chi connectivity index (χ0v) is 6.83. The van der Waals surface area contributed by atoms with Crippen molar-refractivity contribution in [1.29, 1.82) is 0 Å². The van der Waals surface area contributed by atoms with Gasteiger partial charge in [-0.2, -0.15) is 0 Å². The topological polar surface area (TPSA) is 0 Å². The van der Waals surface area contributed by atoms with E-state index in [1.54, 1.807) is 20.5 Å². The van der Waals surface area contributed by atoms with Crippen LogP contribution in [-0.2, 0) is 12.3 Å². The van der Waals surface area contributed by atoms with Crippen LogP contribution in [0.2, 0.25) is 0 Å². The minimum absolute atomic E-state index is 0. The van der Waals surface area contributed by atoms with E-state index < -0.39 is 0 Å². The van der Waals surface area contributed by atoms with Gasteiger partial charge in [-0.15, -0.1) is 0 Å². The predicted octanol–water partition coefficient (Wildman–Crippen LogP) is 2.34. The zero-order valence-electron chi connectivity index (χ0n) is 3.69. The van der Waals surface area contributed by atoms with Gasteiger partial charge < -0.3 is 7.43 Å². The van der Waals surface area contributed by atoms with Crippen molar-refractivity contribution in [2.75, 3.05) is 0 Å². The van der Waals surface area contributed by atoms with Crippen molar-refractivity contribution in [2.24, 2.45) is 0 Å². The van der Waals surface area contributed by atoms with E-state index >= 15 is 0 Å². The van der Waals surface area contributed by atoms with Gasteiger partial charge in [0, 0.05) is 0 Å². The maximum absolute atomic E-state index is 3.84. The molecule has 0 saturated carbocycles. The Bertz CT molecular complexity index is 15.0. The second-order valence-electron chi connectivity index (χ2n) is 0.289. The molecule has 0 spiro atoms. The summed E-state index contributed by atoms with van der Waals surface area (Å²) in [7, 11) is 0. The molecule has 6 heavy (non-hydrogen) atoms. The summed E-state index contributed by atoms with van der Waals surface area (Å²) in [6.07, 6.45) is 1.50. The Kier molecular flexibility index (Phi) is 107. The van der Waals surface area contributed by atoms with Crippen LogP contribution in [0, 0.1) is 14.4 Å². The fraction of sp³-hybridized carbons (Fsp3) is 0. The second-order valence-corrected chi connectivity index (χ2v) is 0.289. The van der Waals surface area contributed by atoms with Gasteiger partial charge in [-0.05, 0) is 0 Å². The van der Waals surface area contributed by atoms with Gasteiger partial charge in [0.15, 0.2) is 0 Å². The second kappa shape index (κ2) is 40.5. The first-order valence-corrected chi connectivity index (χ1v) is 4.12. The monoisotopic (exact) mass is 241 g/mol. The SMILES string of the molecule is C=C[CH2-].[CH3-].[Ni][I]. The Hall–Kier alpha value is 0.834. The van der Waals surface area contributed by atoms with Crippen LogP contribution in [0.15, 0.2) is 12.7 Å². The number of hydrogen-bond donors (Lipinski definition) is 0. The molecule has 0 nitrogen and oxygen atoms in total. The molecule has 0 aliphatic rings. The van der Waals surface area contributed by atoms with E-state index in [0.29, 0.717) is 0 Å². The van der Waals surface area contributed by atoms with Crippen LogP contribution in [0.4, 0.5) is 0 Å². The molecule has 0 aliphatic heterocycles. The van der Waals surface area contributed by atoms with E-state index in [2.05, 4.69) is 25.8 Å².